The summed E-state index contributed by atoms with van der Waals surface area (Å²) in [6.07, 6.45) is 1.12. The second kappa shape index (κ2) is 7.72. The highest BCUT2D eigenvalue weighted by Crippen LogP contribution is 2.18. The van der Waals surface area contributed by atoms with E-state index in [1.807, 2.05) is 55.5 Å². The highest BCUT2D eigenvalue weighted by molar-refractivity contribution is 5.91. The summed E-state index contributed by atoms with van der Waals surface area (Å²) in [4.78, 5) is 16.4. The Bertz CT molecular complexity index is 854. The second-order valence-corrected chi connectivity index (χ2v) is 5.89. The van der Waals surface area contributed by atoms with Gasteiger partial charge in [-0.25, -0.2) is 4.98 Å². The molecule has 0 unspecified atom stereocenters. The molecule has 0 radical (unpaired) electrons. The van der Waals surface area contributed by atoms with Crippen molar-refractivity contribution in [1.82, 2.24) is 15.2 Å². The molecular formula is C19H21N5O. The Balaban J connectivity index is 1.55. The summed E-state index contributed by atoms with van der Waals surface area (Å²) in [7, 11) is 0. The zero-order valence-corrected chi connectivity index (χ0v) is 14.1. The van der Waals surface area contributed by atoms with E-state index in [0.29, 0.717) is 25.2 Å². The molecule has 128 valence electrons. The van der Waals surface area contributed by atoms with Crippen LogP contribution in [0.1, 0.15) is 23.4 Å². The first-order valence-electron chi connectivity index (χ1n) is 8.21. The number of hydrogen-bond donors (Lipinski definition) is 3. The van der Waals surface area contributed by atoms with Crippen molar-refractivity contribution in [1.29, 1.82) is 0 Å². The van der Waals surface area contributed by atoms with Crippen molar-refractivity contribution in [2.45, 2.75) is 26.3 Å². The van der Waals surface area contributed by atoms with Crippen molar-refractivity contribution in [2.75, 3.05) is 5.32 Å². The number of hydrogen-bond acceptors (Lipinski definition) is 4. The van der Waals surface area contributed by atoms with E-state index in [1.54, 1.807) is 0 Å². The lowest BCUT2D eigenvalue weighted by Crippen LogP contribution is -2.12. The van der Waals surface area contributed by atoms with Crippen LogP contribution >= 0.6 is 0 Å². The van der Waals surface area contributed by atoms with Gasteiger partial charge in [0.1, 0.15) is 5.82 Å². The van der Waals surface area contributed by atoms with Crippen molar-refractivity contribution in [3.05, 3.63) is 65.5 Å². The van der Waals surface area contributed by atoms with Crippen molar-refractivity contribution in [2.24, 2.45) is 5.73 Å². The van der Waals surface area contributed by atoms with Crippen LogP contribution < -0.4 is 11.1 Å². The molecule has 1 heterocycles. The molecule has 0 aliphatic carbocycles. The van der Waals surface area contributed by atoms with Crippen LogP contribution in [0, 0.1) is 6.92 Å². The minimum atomic E-state index is -0.0142. The fraction of sp³-hybridized carbons (Fsp3) is 0.211. The average Bonchev–Trinajstić information content (AvgIpc) is 3.07. The third kappa shape index (κ3) is 4.51. The summed E-state index contributed by atoms with van der Waals surface area (Å²) in [5.74, 6) is 1.40. The van der Waals surface area contributed by atoms with Gasteiger partial charge in [-0.2, -0.15) is 5.10 Å². The van der Waals surface area contributed by atoms with E-state index in [9.17, 15) is 4.79 Å². The molecule has 3 rings (SSSR count). The molecule has 0 aliphatic rings. The number of rotatable bonds is 6. The Morgan fingerprint density at radius 1 is 1.16 bits per heavy atom. The molecule has 0 saturated heterocycles. The van der Waals surface area contributed by atoms with Crippen LogP contribution in [0.5, 0.6) is 0 Å². The molecule has 0 bridgehead atoms. The number of nitrogens with two attached hydrogens (primary N) is 1. The van der Waals surface area contributed by atoms with E-state index in [1.165, 1.54) is 0 Å². The van der Waals surface area contributed by atoms with E-state index in [2.05, 4.69) is 20.5 Å². The summed E-state index contributed by atoms with van der Waals surface area (Å²) in [5, 5.41) is 9.85. The topological polar surface area (TPSA) is 96.7 Å². The Hall–Kier alpha value is -2.99. The number of aryl methyl sites for hydroxylation is 2. The van der Waals surface area contributed by atoms with Gasteiger partial charge in [0.05, 0.1) is 0 Å². The number of aromatic nitrogens is 3. The van der Waals surface area contributed by atoms with Crippen molar-refractivity contribution in [3.8, 4) is 11.4 Å². The van der Waals surface area contributed by atoms with E-state index < -0.39 is 0 Å². The monoisotopic (exact) mass is 335 g/mol. The maximum absolute atomic E-state index is 12.1. The lowest BCUT2D eigenvalue weighted by molar-refractivity contribution is -0.116. The highest BCUT2D eigenvalue weighted by atomic mass is 16.1. The molecule has 6 heteroatoms. The molecule has 0 fully saturated rings. The average molecular weight is 335 g/mol. The van der Waals surface area contributed by atoms with E-state index in [4.69, 9.17) is 5.73 Å². The maximum atomic E-state index is 12.1. The highest BCUT2D eigenvalue weighted by Gasteiger charge is 2.06. The van der Waals surface area contributed by atoms with Gasteiger partial charge in [-0.05, 0) is 48.7 Å². The molecular weight excluding hydrogens is 314 g/mol. The minimum Gasteiger partial charge on any atom is -0.326 e. The fourth-order valence-electron chi connectivity index (χ4n) is 2.57. The normalized spacial score (nSPS) is 10.6. The van der Waals surface area contributed by atoms with Crippen LogP contribution in [0.25, 0.3) is 11.4 Å². The van der Waals surface area contributed by atoms with Crippen LogP contribution in [0.15, 0.2) is 48.5 Å². The third-order valence-corrected chi connectivity index (χ3v) is 3.89. The predicted molar refractivity (Wildman–Crippen MR) is 97.8 cm³/mol. The molecule has 4 N–H and O–H groups in total. The lowest BCUT2D eigenvalue weighted by atomic mass is 10.1. The van der Waals surface area contributed by atoms with Gasteiger partial charge in [0.15, 0.2) is 5.82 Å². The van der Waals surface area contributed by atoms with Crippen LogP contribution in [0.3, 0.4) is 0 Å². The minimum absolute atomic E-state index is 0.0142. The molecule has 25 heavy (non-hydrogen) atoms. The molecule has 1 aromatic heterocycles. The van der Waals surface area contributed by atoms with Gasteiger partial charge in [-0.15, -0.1) is 0 Å². The quantitative estimate of drug-likeness (QED) is 0.645. The first kappa shape index (κ1) is 16.9. The molecule has 0 aliphatic heterocycles. The Morgan fingerprint density at radius 2 is 1.92 bits per heavy atom. The molecule has 0 spiro atoms. The molecule has 0 atom stereocenters. The molecule has 6 nitrogen and oxygen atoms in total. The first-order valence-corrected chi connectivity index (χ1v) is 8.21. The van der Waals surface area contributed by atoms with Crippen LogP contribution in [0.4, 0.5) is 5.69 Å². The summed E-state index contributed by atoms with van der Waals surface area (Å²) in [6, 6.07) is 15.5. The van der Waals surface area contributed by atoms with Gasteiger partial charge < -0.3 is 11.1 Å². The Kier molecular flexibility index (Phi) is 5.20. The van der Waals surface area contributed by atoms with Gasteiger partial charge in [-0.1, -0.05) is 24.3 Å². The number of nitrogens with zero attached hydrogens (tertiary/aromatic N) is 2. The molecule has 1 amide bonds. The zero-order chi connectivity index (χ0) is 17.6. The summed E-state index contributed by atoms with van der Waals surface area (Å²) >= 11 is 0. The standard InChI is InChI=1S/C19H21N5O/c1-13-21-19(24-23-13)16-6-8-17(9-7-16)22-18(25)10-5-14-3-2-4-15(11-14)12-20/h2-4,6-9,11H,5,10,12,20H2,1H3,(H,22,25)(H,21,23,24). The Morgan fingerprint density at radius 3 is 2.60 bits per heavy atom. The van der Waals surface area contributed by atoms with E-state index in [-0.39, 0.29) is 5.91 Å². The van der Waals surface area contributed by atoms with E-state index in [0.717, 1.165) is 28.2 Å². The summed E-state index contributed by atoms with van der Waals surface area (Å²) < 4.78 is 0. The number of nitrogens with one attached hydrogen (secondary N) is 2. The SMILES string of the molecule is Cc1nc(-c2ccc(NC(=O)CCc3cccc(CN)c3)cc2)n[nH]1. The van der Waals surface area contributed by atoms with Gasteiger partial charge in [-0.3, -0.25) is 9.89 Å². The summed E-state index contributed by atoms with van der Waals surface area (Å²) in [6.45, 7) is 2.37. The number of H-pyrrole nitrogens is 1. The lowest BCUT2D eigenvalue weighted by Gasteiger charge is -2.07. The second-order valence-electron chi connectivity index (χ2n) is 5.89. The zero-order valence-electron chi connectivity index (χ0n) is 14.1. The molecule has 0 saturated carbocycles. The predicted octanol–water partition coefficient (Wildman–Crippen LogP) is 2.81. The van der Waals surface area contributed by atoms with Gasteiger partial charge >= 0.3 is 0 Å². The van der Waals surface area contributed by atoms with Crippen LogP contribution in [-0.4, -0.2) is 21.1 Å². The number of aromatic amines is 1. The molecule has 3 aromatic rings. The number of carbonyl (C=O) groups excluding carboxylic acids is 1. The maximum Gasteiger partial charge on any atom is 0.224 e. The van der Waals surface area contributed by atoms with E-state index >= 15 is 0 Å². The van der Waals surface area contributed by atoms with Gasteiger partial charge in [0, 0.05) is 24.2 Å². The largest absolute Gasteiger partial charge is 0.326 e. The smallest absolute Gasteiger partial charge is 0.224 e. The first-order chi connectivity index (χ1) is 12.1. The third-order valence-electron chi connectivity index (χ3n) is 3.89. The van der Waals surface area contributed by atoms with Crippen molar-refractivity contribution >= 4 is 11.6 Å². The molecule has 2 aromatic carbocycles. The van der Waals surface area contributed by atoms with Crippen LogP contribution in [0.2, 0.25) is 0 Å². The number of anilines is 1. The van der Waals surface area contributed by atoms with Crippen LogP contribution in [-0.2, 0) is 17.8 Å². The number of benzene rings is 2. The van der Waals surface area contributed by atoms with Crippen molar-refractivity contribution in [3.63, 3.8) is 0 Å². The van der Waals surface area contributed by atoms with Gasteiger partial charge in [0.2, 0.25) is 5.91 Å². The number of carbonyl (C=O) groups is 1. The van der Waals surface area contributed by atoms with Gasteiger partial charge in [0.25, 0.3) is 0 Å². The fourth-order valence-corrected chi connectivity index (χ4v) is 2.57. The summed E-state index contributed by atoms with van der Waals surface area (Å²) in [5.41, 5.74) is 9.50. The number of amides is 1. The van der Waals surface area contributed by atoms with Crippen molar-refractivity contribution < 1.29 is 4.79 Å². The Labute approximate surface area is 146 Å².